The smallest absolute Gasteiger partial charge is 1.00 e. The zero-order valence-electron chi connectivity index (χ0n) is 1.51. The first-order valence-corrected chi connectivity index (χ1v) is 12.9. The summed E-state index contributed by atoms with van der Waals surface area (Å²) in [6.45, 7) is 0. The van der Waals surface area contributed by atoms with Crippen LogP contribution in [0.15, 0.2) is 0 Å². The molecule has 0 saturated carbocycles. The van der Waals surface area contributed by atoms with E-state index in [-0.39, 0.29) is 24.0 Å². The largest absolute Gasteiger partial charge is 1.00 e. The Morgan fingerprint density at radius 2 is 1.25 bits per heavy atom. The molecule has 0 rings (SSSR count). The maximum atomic E-state index is 2.39. The molecule has 0 radical (unpaired) electrons. The third kappa shape index (κ3) is 8.87. The van der Waals surface area contributed by atoms with Crippen molar-refractivity contribution >= 4 is 37.2 Å². The molecule has 0 fully saturated rings. The van der Waals surface area contributed by atoms with Gasteiger partial charge in [-0.15, -0.1) is 0 Å². The monoisotopic (exact) mass is 508 g/mol. The fourth-order valence-electron chi connectivity index (χ4n) is 0. The molecule has 0 aromatic rings. The van der Waals surface area contributed by atoms with E-state index in [0.717, 1.165) is 0 Å². The fourth-order valence-corrected chi connectivity index (χ4v) is 0. The van der Waals surface area contributed by atoms with E-state index in [9.17, 15) is 0 Å². The van der Waals surface area contributed by atoms with Crippen molar-refractivity contribution in [2.75, 3.05) is 0 Å². The van der Waals surface area contributed by atoms with E-state index in [2.05, 4.69) is 37.2 Å². The molecule has 0 aromatic carbocycles. The summed E-state index contributed by atoms with van der Waals surface area (Å²) in [5, 5.41) is 0. The van der Waals surface area contributed by atoms with Crippen LogP contribution in [0.1, 0.15) is 0 Å². The van der Waals surface area contributed by atoms with E-state index in [0.29, 0.717) is 13.3 Å². The predicted octanol–water partition coefficient (Wildman–Crippen LogP) is -4.22. The first-order chi connectivity index (χ1) is 1.41. The topological polar surface area (TPSA) is 0 Å². The van der Waals surface area contributed by atoms with Crippen LogP contribution in [0, 0.1) is 0 Å². The minimum absolute atomic E-state index is 0. The van der Waals surface area contributed by atoms with Gasteiger partial charge in [0.05, 0.1) is 0 Å². The molecule has 0 nitrogen and oxygen atoms in total. The summed E-state index contributed by atoms with van der Waals surface area (Å²) in [6, 6.07) is 0. The van der Waals surface area contributed by atoms with Crippen molar-refractivity contribution in [2.45, 2.75) is 0 Å². The van der Waals surface area contributed by atoms with Gasteiger partial charge in [0.25, 0.3) is 0 Å². The van der Waals surface area contributed by atoms with Crippen molar-refractivity contribution in [3.05, 3.63) is 0 Å². The van der Waals surface area contributed by atoms with Crippen molar-refractivity contribution in [1.82, 2.24) is 0 Å². The second-order valence-corrected chi connectivity index (χ2v) is 16.3. The van der Waals surface area contributed by atoms with Gasteiger partial charge in [-0.2, -0.15) is 0 Å². The zero-order chi connectivity index (χ0) is 2.71. The van der Waals surface area contributed by atoms with Crippen LogP contribution in [-0.4, -0.2) is 0 Å². The first kappa shape index (κ1) is 10.0. The summed E-state index contributed by atoms with van der Waals surface area (Å²) in [5.41, 5.74) is 0. The summed E-state index contributed by atoms with van der Waals surface area (Å²) < 4.78 is 0. The molecular formula is I4-2. The van der Waals surface area contributed by atoms with Gasteiger partial charge < -0.3 is 24.0 Å². The summed E-state index contributed by atoms with van der Waals surface area (Å²) in [4.78, 5) is 0. The molecule has 30 valence electrons. The van der Waals surface area contributed by atoms with Gasteiger partial charge in [0.15, 0.2) is 0 Å². The number of hydrogen-bond donors (Lipinski definition) is 0. The Morgan fingerprint density at radius 1 is 1.25 bits per heavy atom. The fraction of sp³-hybridized carbons (Fsp3) is 0. The normalized spacial score (nSPS) is 5.50. The van der Waals surface area contributed by atoms with Crippen LogP contribution >= 0.6 is 37.2 Å². The van der Waals surface area contributed by atoms with Gasteiger partial charge >= 0.3 is 50.5 Å². The SMILES string of the molecule is I[I-]I.[I-]. The second-order valence-electron chi connectivity index (χ2n) is 0.0540. The van der Waals surface area contributed by atoms with Crippen molar-refractivity contribution in [3.8, 4) is 0 Å². The van der Waals surface area contributed by atoms with Gasteiger partial charge in [0.1, 0.15) is 0 Å². The van der Waals surface area contributed by atoms with Gasteiger partial charge in [-0.25, -0.2) is 0 Å². The third-order valence-electron chi connectivity index (χ3n) is 0. The molecule has 0 unspecified atom stereocenters. The molecule has 0 saturated heterocycles. The van der Waals surface area contributed by atoms with Gasteiger partial charge in [-0.3, -0.25) is 0 Å². The number of rotatable bonds is 0. The third-order valence-corrected chi connectivity index (χ3v) is 0. The summed E-state index contributed by atoms with van der Waals surface area (Å²) in [7, 11) is 0. The van der Waals surface area contributed by atoms with E-state index in [1.165, 1.54) is 0 Å². The molecule has 0 atom stereocenters. The molecule has 0 heterocycles. The van der Waals surface area contributed by atoms with Crippen LogP contribution < -0.4 is 37.2 Å². The van der Waals surface area contributed by atoms with E-state index >= 15 is 0 Å². The summed E-state index contributed by atoms with van der Waals surface area (Å²) >= 11 is 5.30. The van der Waals surface area contributed by atoms with Crippen LogP contribution in [-0.2, 0) is 0 Å². The standard InChI is InChI=1S/I3.HI/c1-3-2;/h;1H/q-1;/p-1. The van der Waals surface area contributed by atoms with Gasteiger partial charge in [-0.05, 0) is 0 Å². The van der Waals surface area contributed by atoms with E-state index in [1.54, 1.807) is 0 Å². The minimum Gasteiger partial charge on any atom is -1.00 e. The predicted molar refractivity (Wildman–Crippen MR) is 28.0 cm³/mol. The van der Waals surface area contributed by atoms with E-state index < -0.39 is 0 Å². The molecule has 0 amide bonds. The molecule has 0 N–H and O–H groups in total. The molecule has 0 spiro atoms. The molecule has 4 heteroatoms. The summed E-state index contributed by atoms with van der Waals surface area (Å²) in [6.07, 6.45) is 0. The van der Waals surface area contributed by atoms with Crippen molar-refractivity contribution in [3.63, 3.8) is 0 Å². The van der Waals surface area contributed by atoms with Crippen molar-refractivity contribution < 1.29 is 37.2 Å². The van der Waals surface area contributed by atoms with Gasteiger partial charge in [0.2, 0.25) is 0 Å². The number of hydrogen-bond acceptors (Lipinski definition) is 0. The Morgan fingerprint density at radius 3 is 1.25 bits per heavy atom. The molecular weight excluding hydrogens is 508 g/mol. The van der Waals surface area contributed by atoms with Gasteiger partial charge in [-0.1, -0.05) is 0 Å². The quantitative estimate of drug-likeness (QED) is 0.292. The van der Waals surface area contributed by atoms with Crippen molar-refractivity contribution in [1.29, 1.82) is 0 Å². The van der Waals surface area contributed by atoms with E-state index in [4.69, 9.17) is 0 Å². The van der Waals surface area contributed by atoms with Gasteiger partial charge in [0, 0.05) is 0 Å². The Bertz CT molecular complexity index is 0. The maximum absolute atomic E-state index is 2.39. The Kier molecular flexibility index (Phi) is 23.4. The van der Waals surface area contributed by atoms with Crippen LogP contribution in [0.25, 0.3) is 0 Å². The van der Waals surface area contributed by atoms with E-state index in [1.807, 2.05) is 0 Å². The maximum Gasteiger partial charge on any atom is -1.00 e. The van der Waals surface area contributed by atoms with Crippen molar-refractivity contribution in [2.24, 2.45) is 0 Å². The number of halogens is 4. The van der Waals surface area contributed by atoms with Crippen LogP contribution in [0.2, 0.25) is 0 Å². The summed E-state index contributed by atoms with van der Waals surface area (Å²) in [5.74, 6) is 0. The Balaban J connectivity index is 0. The van der Waals surface area contributed by atoms with Crippen LogP contribution in [0.5, 0.6) is 0 Å². The average Bonchev–Trinajstić information content (AvgIpc) is 0.918. The molecule has 0 aliphatic heterocycles. The average molecular weight is 508 g/mol. The second kappa shape index (κ2) is 9.33. The first-order valence-electron chi connectivity index (χ1n) is 0.286. The minimum atomic E-state index is 0. The molecule has 0 bridgehead atoms. The van der Waals surface area contributed by atoms with Crippen LogP contribution in [0.3, 0.4) is 0 Å². The molecule has 0 aromatic heterocycles. The van der Waals surface area contributed by atoms with Crippen LogP contribution in [0.4, 0.5) is 0 Å². The molecule has 0 aliphatic carbocycles. The Hall–Kier alpha value is 2.92. The molecule has 4 heavy (non-hydrogen) atoms. The molecule has 0 aliphatic rings. The Labute approximate surface area is 72.5 Å². The zero-order valence-corrected chi connectivity index (χ0v) is 10.1.